The Morgan fingerprint density at radius 1 is 1.29 bits per heavy atom. The van der Waals surface area contributed by atoms with Crippen LogP contribution in [0.1, 0.15) is 12.5 Å². The predicted octanol–water partition coefficient (Wildman–Crippen LogP) is 2.87. The second-order valence-electron chi connectivity index (χ2n) is 4.21. The average molecular weight is 287 g/mol. The fourth-order valence-electron chi connectivity index (χ4n) is 1.78. The van der Waals surface area contributed by atoms with Crippen LogP contribution in [0.25, 0.3) is 6.08 Å². The molecule has 0 atom stereocenters. The van der Waals surface area contributed by atoms with Gasteiger partial charge in [-0.15, -0.1) is 0 Å². The second kappa shape index (κ2) is 6.60. The number of hydrogen-bond donors (Lipinski definition) is 1. The van der Waals surface area contributed by atoms with Crippen molar-refractivity contribution in [2.75, 3.05) is 11.4 Å². The minimum atomic E-state index is -1.03. The van der Waals surface area contributed by atoms with Gasteiger partial charge in [-0.2, -0.15) is 0 Å². The third-order valence-electron chi connectivity index (χ3n) is 2.77. The summed E-state index contributed by atoms with van der Waals surface area (Å²) in [4.78, 5) is 20.7. The summed E-state index contributed by atoms with van der Waals surface area (Å²) in [5.74, 6) is -0.859. The molecule has 2 rings (SSSR count). The van der Waals surface area contributed by atoms with E-state index >= 15 is 0 Å². The minimum Gasteiger partial charge on any atom is -0.478 e. The molecule has 0 saturated heterocycles. The first-order valence-electron chi connectivity index (χ1n) is 6.36. The zero-order valence-electron chi connectivity index (χ0n) is 11.4. The van der Waals surface area contributed by atoms with E-state index in [-0.39, 0.29) is 5.82 Å². The number of carbonyl (C=O) groups is 1. The van der Waals surface area contributed by atoms with Crippen molar-refractivity contribution < 1.29 is 14.3 Å². The van der Waals surface area contributed by atoms with Gasteiger partial charge in [-0.05, 0) is 37.3 Å². The van der Waals surface area contributed by atoms with Crippen LogP contribution in [0.5, 0.6) is 0 Å². The first-order valence-corrected chi connectivity index (χ1v) is 6.36. The molecule has 1 heterocycles. The summed E-state index contributed by atoms with van der Waals surface area (Å²) in [6.45, 7) is 2.56. The van der Waals surface area contributed by atoms with E-state index in [1.807, 2.05) is 11.8 Å². The van der Waals surface area contributed by atoms with E-state index in [9.17, 15) is 9.18 Å². The summed E-state index contributed by atoms with van der Waals surface area (Å²) in [6, 6.07) is 6.06. The lowest BCUT2D eigenvalue weighted by Gasteiger charge is -2.20. The summed E-state index contributed by atoms with van der Waals surface area (Å²) in [7, 11) is 0. The molecule has 0 unspecified atom stereocenters. The van der Waals surface area contributed by atoms with Crippen molar-refractivity contribution in [3.8, 4) is 0 Å². The standard InChI is InChI=1S/C15H14FN3O2/c1-2-19(13-6-4-12(16)5-7-13)15-17-9-11(10-18-15)3-8-14(20)21/h3-10H,2H2,1H3,(H,20,21)/b8-3+. The van der Waals surface area contributed by atoms with Gasteiger partial charge < -0.3 is 10.0 Å². The molecule has 5 nitrogen and oxygen atoms in total. The van der Waals surface area contributed by atoms with E-state index in [2.05, 4.69) is 9.97 Å². The molecule has 0 amide bonds. The van der Waals surface area contributed by atoms with E-state index in [0.717, 1.165) is 11.8 Å². The van der Waals surface area contributed by atoms with Crippen molar-refractivity contribution >= 4 is 23.7 Å². The molecule has 0 saturated carbocycles. The Kier molecular flexibility index (Phi) is 4.61. The molecule has 1 aromatic heterocycles. The Balaban J connectivity index is 2.23. The van der Waals surface area contributed by atoms with E-state index in [0.29, 0.717) is 18.1 Å². The number of benzene rings is 1. The topological polar surface area (TPSA) is 66.3 Å². The smallest absolute Gasteiger partial charge is 0.328 e. The molecule has 6 heteroatoms. The van der Waals surface area contributed by atoms with Gasteiger partial charge in [-0.1, -0.05) is 0 Å². The molecular formula is C15H14FN3O2. The minimum absolute atomic E-state index is 0.301. The molecule has 1 aromatic carbocycles. The maximum Gasteiger partial charge on any atom is 0.328 e. The van der Waals surface area contributed by atoms with Crippen LogP contribution in [0.2, 0.25) is 0 Å². The molecule has 1 N–H and O–H groups in total. The maximum absolute atomic E-state index is 13.0. The highest BCUT2D eigenvalue weighted by atomic mass is 19.1. The van der Waals surface area contributed by atoms with Crippen LogP contribution in [-0.4, -0.2) is 27.6 Å². The average Bonchev–Trinajstić information content (AvgIpc) is 2.49. The van der Waals surface area contributed by atoms with Crippen LogP contribution in [0.15, 0.2) is 42.7 Å². The van der Waals surface area contributed by atoms with E-state index in [4.69, 9.17) is 5.11 Å². The van der Waals surface area contributed by atoms with Crippen molar-refractivity contribution in [1.29, 1.82) is 0 Å². The number of halogens is 1. The van der Waals surface area contributed by atoms with Crippen LogP contribution in [0.3, 0.4) is 0 Å². The fourth-order valence-corrected chi connectivity index (χ4v) is 1.78. The third kappa shape index (κ3) is 3.85. The summed E-state index contributed by atoms with van der Waals surface area (Å²) >= 11 is 0. The highest BCUT2D eigenvalue weighted by Crippen LogP contribution is 2.21. The maximum atomic E-state index is 13.0. The molecule has 0 bridgehead atoms. The number of anilines is 2. The fraction of sp³-hybridized carbons (Fsp3) is 0.133. The number of aromatic nitrogens is 2. The van der Waals surface area contributed by atoms with E-state index < -0.39 is 5.97 Å². The molecule has 0 aliphatic rings. The Hall–Kier alpha value is -2.76. The molecule has 108 valence electrons. The first kappa shape index (κ1) is 14.6. The van der Waals surface area contributed by atoms with E-state index in [1.165, 1.54) is 30.6 Å². The molecular weight excluding hydrogens is 273 g/mol. The zero-order valence-corrected chi connectivity index (χ0v) is 11.4. The molecule has 0 aliphatic heterocycles. The van der Waals surface area contributed by atoms with Crippen LogP contribution < -0.4 is 4.90 Å². The molecule has 21 heavy (non-hydrogen) atoms. The van der Waals surface area contributed by atoms with Crippen LogP contribution in [0, 0.1) is 5.82 Å². The molecule has 0 aliphatic carbocycles. The Labute approximate surface area is 121 Å². The third-order valence-corrected chi connectivity index (χ3v) is 2.77. The first-order chi connectivity index (χ1) is 10.1. The van der Waals surface area contributed by atoms with Gasteiger partial charge in [-0.25, -0.2) is 19.2 Å². The number of nitrogens with zero attached hydrogens (tertiary/aromatic N) is 3. The Bertz CT molecular complexity index is 639. The van der Waals surface area contributed by atoms with Crippen LogP contribution >= 0.6 is 0 Å². The van der Waals surface area contributed by atoms with Crippen molar-refractivity contribution in [3.63, 3.8) is 0 Å². The summed E-state index contributed by atoms with van der Waals surface area (Å²) < 4.78 is 13.0. The van der Waals surface area contributed by atoms with Crippen LogP contribution in [-0.2, 0) is 4.79 Å². The van der Waals surface area contributed by atoms with Gasteiger partial charge in [0.15, 0.2) is 0 Å². The highest BCUT2D eigenvalue weighted by Gasteiger charge is 2.09. The number of carboxylic acids is 1. The second-order valence-corrected chi connectivity index (χ2v) is 4.21. The number of carboxylic acid groups (broad SMARTS) is 1. The molecule has 2 aromatic rings. The van der Waals surface area contributed by atoms with Gasteiger partial charge in [0.2, 0.25) is 5.95 Å². The Morgan fingerprint density at radius 3 is 2.43 bits per heavy atom. The number of rotatable bonds is 5. The summed E-state index contributed by atoms with van der Waals surface area (Å²) in [5.41, 5.74) is 1.38. The normalized spacial score (nSPS) is 10.8. The van der Waals surface area contributed by atoms with Crippen molar-refractivity contribution in [2.24, 2.45) is 0 Å². The van der Waals surface area contributed by atoms with Gasteiger partial charge in [0.1, 0.15) is 5.82 Å². The number of hydrogen-bond acceptors (Lipinski definition) is 4. The zero-order chi connectivity index (χ0) is 15.2. The molecule has 0 fully saturated rings. The predicted molar refractivity (Wildman–Crippen MR) is 77.8 cm³/mol. The SMILES string of the molecule is CCN(c1ccc(F)cc1)c1ncc(/C=C/C(=O)O)cn1. The van der Waals surface area contributed by atoms with E-state index in [1.54, 1.807) is 12.1 Å². The van der Waals surface area contributed by atoms with Crippen molar-refractivity contribution in [3.05, 3.63) is 54.1 Å². The molecule has 0 radical (unpaired) electrons. The quantitative estimate of drug-likeness (QED) is 0.856. The lowest BCUT2D eigenvalue weighted by molar-refractivity contribution is -0.131. The van der Waals surface area contributed by atoms with Crippen molar-refractivity contribution in [2.45, 2.75) is 6.92 Å². The number of aliphatic carboxylic acids is 1. The van der Waals surface area contributed by atoms with Gasteiger partial charge in [0.25, 0.3) is 0 Å². The monoisotopic (exact) mass is 287 g/mol. The summed E-state index contributed by atoms with van der Waals surface area (Å²) in [6.07, 6.45) is 5.51. The Morgan fingerprint density at radius 2 is 1.90 bits per heavy atom. The van der Waals surface area contributed by atoms with Gasteiger partial charge in [0, 0.05) is 36.3 Å². The lowest BCUT2D eigenvalue weighted by atomic mass is 10.3. The van der Waals surface area contributed by atoms with Gasteiger partial charge >= 0.3 is 5.97 Å². The van der Waals surface area contributed by atoms with Crippen LogP contribution in [0.4, 0.5) is 16.0 Å². The highest BCUT2D eigenvalue weighted by molar-refractivity contribution is 5.85. The largest absolute Gasteiger partial charge is 0.478 e. The van der Waals surface area contributed by atoms with Gasteiger partial charge in [0.05, 0.1) is 0 Å². The lowest BCUT2D eigenvalue weighted by Crippen LogP contribution is -2.18. The van der Waals surface area contributed by atoms with Crippen molar-refractivity contribution in [1.82, 2.24) is 9.97 Å². The summed E-state index contributed by atoms with van der Waals surface area (Å²) in [5, 5.41) is 8.56. The molecule has 0 spiro atoms. The van der Waals surface area contributed by atoms with Gasteiger partial charge in [-0.3, -0.25) is 0 Å².